The van der Waals surface area contributed by atoms with Crippen molar-refractivity contribution in [3.8, 4) is 0 Å². The highest BCUT2D eigenvalue weighted by Crippen LogP contribution is 2.26. The highest BCUT2D eigenvalue weighted by atomic mass is 15.2. The number of nitrogens with zero attached hydrogens (tertiary/aromatic N) is 1. The van der Waals surface area contributed by atoms with Crippen molar-refractivity contribution in [3.05, 3.63) is 35.4 Å². The predicted molar refractivity (Wildman–Crippen MR) is 91.7 cm³/mol. The molecule has 0 aromatic heterocycles. The molecule has 0 saturated carbocycles. The van der Waals surface area contributed by atoms with E-state index in [1.807, 2.05) is 0 Å². The Hall–Kier alpha value is -0.860. The maximum atomic E-state index is 3.71. The van der Waals surface area contributed by atoms with Gasteiger partial charge in [0.05, 0.1) is 0 Å². The third-order valence-corrected chi connectivity index (χ3v) is 4.67. The lowest BCUT2D eigenvalue weighted by Crippen LogP contribution is -2.45. The van der Waals surface area contributed by atoms with E-state index in [2.05, 4.69) is 55.3 Å². The van der Waals surface area contributed by atoms with Crippen LogP contribution in [0.1, 0.15) is 63.1 Å². The lowest BCUT2D eigenvalue weighted by atomic mass is 9.98. The normalized spacial score (nSPS) is 20.7. The van der Waals surface area contributed by atoms with Gasteiger partial charge in [-0.05, 0) is 51.3 Å². The van der Waals surface area contributed by atoms with Gasteiger partial charge in [-0.25, -0.2) is 0 Å². The molecular weight excluding hydrogens is 256 g/mol. The number of nitrogens with one attached hydrogen (secondary N) is 1. The summed E-state index contributed by atoms with van der Waals surface area (Å²) in [5, 5.41) is 3.71. The number of rotatable bonds is 7. The third kappa shape index (κ3) is 4.82. The fourth-order valence-corrected chi connectivity index (χ4v) is 3.52. The second kappa shape index (κ2) is 8.55. The molecular formula is C19H32N2. The number of aryl methyl sites for hydroxylation is 1. The molecule has 2 unspecified atom stereocenters. The first kappa shape index (κ1) is 16.5. The third-order valence-electron chi connectivity index (χ3n) is 4.67. The van der Waals surface area contributed by atoms with Crippen molar-refractivity contribution in [1.82, 2.24) is 10.2 Å². The quantitative estimate of drug-likeness (QED) is 0.804. The van der Waals surface area contributed by atoms with Crippen molar-refractivity contribution in [2.45, 2.75) is 65.0 Å². The van der Waals surface area contributed by atoms with Crippen LogP contribution >= 0.6 is 0 Å². The Balaban J connectivity index is 2.07. The van der Waals surface area contributed by atoms with Gasteiger partial charge in [0, 0.05) is 18.6 Å². The van der Waals surface area contributed by atoms with Crippen molar-refractivity contribution < 1.29 is 0 Å². The molecule has 1 aliphatic heterocycles. The van der Waals surface area contributed by atoms with Gasteiger partial charge in [-0.3, -0.25) is 4.90 Å². The molecule has 2 atom stereocenters. The zero-order valence-corrected chi connectivity index (χ0v) is 14.1. The number of hydrogen-bond donors (Lipinski definition) is 1. The van der Waals surface area contributed by atoms with Crippen LogP contribution in [0.15, 0.2) is 24.3 Å². The highest BCUT2D eigenvalue weighted by Gasteiger charge is 2.22. The molecule has 1 heterocycles. The van der Waals surface area contributed by atoms with Gasteiger partial charge in [0.2, 0.25) is 0 Å². The first-order valence-electron chi connectivity index (χ1n) is 8.78. The summed E-state index contributed by atoms with van der Waals surface area (Å²) in [6, 6.07) is 10.4. The van der Waals surface area contributed by atoms with Crippen LogP contribution in [0.5, 0.6) is 0 Å². The Morgan fingerprint density at radius 1 is 1.19 bits per heavy atom. The standard InChI is InChI=1S/C19H32N2/c1-4-14-21(15-18-8-6-7-13-20-18)19(5-2)17-11-9-16(3)10-12-17/h9-12,18-20H,4-8,13-15H2,1-3H3. The van der Waals surface area contributed by atoms with Crippen LogP contribution in [-0.2, 0) is 0 Å². The smallest absolute Gasteiger partial charge is 0.0346 e. The van der Waals surface area contributed by atoms with Gasteiger partial charge in [0.1, 0.15) is 0 Å². The van der Waals surface area contributed by atoms with Gasteiger partial charge in [0.15, 0.2) is 0 Å². The van der Waals surface area contributed by atoms with E-state index in [4.69, 9.17) is 0 Å². The van der Waals surface area contributed by atoms with E-state index >= 15 is 0 Å². The van der Waals surface area contributed by atoms with E-state index in [-0.39, 0.29) is 0 Å². The van der Waals surface area contributed by atoms with Crippen LogP contribution in [0, 0.1) is 6.92 Å². The number of benzene rings is 1. The molecule has 0 bridgehead atoms. The SMILES string of the molecule is CCCN(CC1CCCCN1)C(CC)c1ccc(C)cc1. The fraction of sp³-hybridized carbons (Fsp3) is 0.684. The van der Waals surface area contributed by atoms with Gasteiger partial charge in [-0.2, -0.15) is 0 Å². The molecule has 0 amide bonds. The topological polar surface area (TPSA) is 15.3 Å². The van der Waals surface area contributed by atoms with Crippen LogP contribution in [0.4, 0.5) is 0 Å². The minimum Gasteiger partial charge on any atom is -0.313 e. The Kier molecular flexibility index (Phi) is 6.72. The summed E-state index contributed by atoms with van der Waals surface area (Å²) < 4.78 is 0. The Morgan fingerprint density at radius 3 is 2.52 bits per heavy atom. The van der Waals surface area contributed by atoms with Crippen molar-refractivity contribution in [3.63, 3.8) is 0 Å². The molecule has 2 rings (SSSR count). The molecule has 1 aromatic rings. The molecule has 1 aliphatic rings. The van der Waals surface area contributed by atoms with Crippen molar-refractivity contribution in [2.24, 2.45) is 0 Å². The maximum Gasteiger partial charge on any atom is 0.0346 e. The van der Waals surface area contributed by atoms with Crippen molar-refractivity contribution in [1.29, 1.82) is 0 Å². The summed E-state index contributed by atoms with van der Waals surface area (Å²) in [6.45, 7) is 10.4. The Morgan fingerprint density at radius 2 is 1.95 bits per heavy atom. The van der Waals surface area contributed by atoms with Crippen molar-refractivity contribution >= 4 is 0 Å². The molecule has 0 radical (unpaired) electrons. The average Bonchev–Trinajstić information content (AvgIpc) is 2.51. The lowest BCUT2D eigenvalue weighted by Gasteiger charge is -2.36. The van der Waals surface area contributed by atoms with Crippen LogP contribution < -0.4 is 5.32 Å². The van der Waals surface area contributed by atoms with Gasteiger partial charge in [0.25, 0.3) is 0 Å². The monoisotopic (exact) mass is 288 g/mol. The fourth-order valence-electron chi connectivity index (χ4n) is 3.52. The van der Waals surface area contributed by atoms with Gasteiger partial charge >= 0.3 is 0 Å². The first-order chi connectivity index (χ1) is 10.2. The number of hydrogen-bond acceptors (Lipinski definition) is 2. The minimum atomic E-state index is 0.564. The van der Waals surface area contributed by atoms with E-state index in [9.17, 15) is 0 Å². The molecule has 2 heteroatoms. The zero-order chi connectivity index (χ0) is 15.1. The second-order valence-electron chi connectivity index (χ2n) is 6.48. The minimum absolute atomic E-state index is 0.564. The van der Waals surface area contributed by atoms with E-state index in [1.165, 1.54) is 62.9 Å². The molecule has 1 N–H and O–H groups in total. The van der Waals surface area contributed by atoms with E-state index < -0.39 is 0 Å². The molecule has 21 heavy (non-hydrogen) atoms. The molecule has 0 spiro atoms. The van der Waals surface area contributed by atoms with Crippen molar-refractivity contribution in [2.75, 3.05) is 19.6 Å². The summed E-state index contributed by atoms with van der Waals surface area (Å²) in [5.41, 5.74) is 2.83. The first-order valence-corrected chi connectivity index (χ1v) is 8.78. The van der Waals surface area contributed by atoms with Crippen LogP contribution in [-0.4, -0.2) is 30.6 Å². The molecule has 0 aliphatic carbocycles. The van der Waals surface area contributed by atoms with Crippen LogP contribution in [0.3, 0.4) is 0 Å². The van der Waals surface area contributed by atoms with E-state index in [0.717, 1.165) is 0 Å². The molecule has 1 saturated heterocycles. The van der Waals surface area contributed by atoms with E-state index in [1.54, 1.807) is 0 Å². The Bertz CT molecular complexity index is 393. The molecule has 118 valence electrons. The molecule has 1 fully saturated rings. The Labute approximate surface area is 130 Å². The summed E-state index contributed by atoms with van der Waals surface area (Å²) in [6.07, 6.45) is 6.49. The summed E-state index contributed by atoms with van der Waals surface area (Å²) in [5.74, 6) is 0. The van der Waals surface area contributed by atoms with Gasteiger partial charge in [-0.1, -0.05) is 50.1 Å². The summed E-state index contributed by atoms with van der Waals surface area (Å²) in [4.78, 5) is 2.70. The van der Waals surface area contributed by atoms with Gasteiger partial charge < -0.3 is 5.32 Å². The maximum absolute atomic E-state index is 3.71. The van der Waals surface area contributed by atoms with E-state index in [0.29, 0.717) is 12.1 Å². The van der Waals surface area contributed by atoms with Crippen LogP contribution in [0.2, 0.25) is 0 Å². The average molecular weight is 288 g/mol. The summed E-state index contributed by atoms with van der Waals surface area (Å²) >= 11 is 0. The second-order valence-corrected chi connectivity index (χ2v) is 6.48. The largest absolute Gasteiger partial charge is 0.313 e. The zero-order valence-electron chi connectivity index (χ0n) is 14.1. The molecule has 2 nitrogen and oxygen atoms in total. The summed E-state index contributed by atoms with van der Waals surface area (Å²) in [7, 11) is 0. The van der Waals surface area contributed by atoms with Crippen LogP contribution in [0.25, 0.3) is 0 Å². The lowest BCUT2D eigenvalue weighted by molar-refractivity contribution is 0.161. The highest BCUT2D eigenvalue weighted by molar-refractivity contribution is 5.24. The predicted octanol–water partition coefficient (Wildman–Crippen LogP) is 4.30. The molecule has 1 aromatic carbocycles. The number of piperidine rings is 1. The van der Waals surface area contributed by atoms with Gasteiger partial charge in [-0.15, -0.1) is 0 Å².